The number of carbonyl (C=O) groups excluding carboxylic acids is 1. The zero-order valence-electron chi connectivity index (χ0n) is 31.1. The second-order valence-electron chi connectivity index (χ2n) is 13.4. The number of carbonyl (C=O) groups is 1. The number of aryl methyl sites for hydroxylation is 2. The number of hydrogen-bond donors (Lipinski definition) is 1. The van der Waals surface area contributed by atoms with Crippen molar-refractivity contribution in [2.24, 2.45) is 0 Å². The van der Waals surface area contributed by atoms with Gasteiger partial charge in [0.1, 0.15) is 11.5 Å². The number of amides is 1. The molecular weight excluding hydrogens is 703 g/mol. The molecule has 0 saturated carbocycles. The molecule has 0 aliphatic carbocycles. The van der Waals surface area contributed by atoms with E-state index in [1.807, 2.05) is 30.3 Å². The molecule has 2 aromatic heterocycles. The number of aromatic nitrogens is 3. The number of ether oxygens (including phenoxy) is 4. The minimum Gasteiger partial charge on any atom is -0.497 e. The van der Waals surface area contributed by atoms with Gasteiger partial charge in [0.15, 0.2) is 28.8 Å². The lowest BCUT2D eigenvalue weighted by atomic mass is 10.1. The Kier molecular flexibility index (Phi) is 11.5. The van der Waals surface area contributed by atoms with Crippen LogP contribution >= 0.6 is 0 Å². The van der Waals surface area contributed by atoms with Crippen molar-refractivity contribution in [2.45, 2.75) is 19.4 Å². The molecule has 12 nitrogen and oxygen atoms in total. The number of methoxy groups -OCH3 is 2. The van der Waals surface area contributed by atoms with Crippen LogP contribution in [0.1, 0.15) is 22.5 Å². The molecule has 0 spiro atoms. The van der Waals surface area contributed by atoms with E-state index >= 15 is 4.39 Å². The number of nitrogens with one attached hydrogen (secondary N) is 1. The zero-order chi connectivity index (χ0) is 38.3. The number of likely N-dealkylation sites (N-methyl/N-ethyl adjacent to an activating group) is 1. The molecule has 0 radical (unpaired) electrons. The van der Waals surface area contributed by atoms with Gasteiger partial charge in [-0.2, -0.15) is 0 Å². The van der Waals surface area contributed by atoms with Gasteiger partial charge in [-0.3, -0.25) is 14.6 Å². The molecule has 1 amide bonds. The number of para-hydroxylation sites is 2. The average Bonchev–Trinajstić information content (AvgIpc) is 3.20. The molecule has 7 rings (SSSR count). The van der Waals surface area contributed by atoms with Crippen LogP contribution in [0.25, 0.3) is 21.9 Å². The Morgan fingerprint density at radius 3 is 2.40 bits per heavy atom. The molecule has 1 aliphatic heterocycles. The quantitative estimate of drug-likeness (QED) is 0.125. The minimum atomic E-state index is -0.758. The van der Waals surface area contributed by atoms with Gasteiger partial charge in [0.25, 0.3) is 11.5 Å². The van der Waals surface area contributed by atoms with Crippen molar-refractivity contribution in [1.29, 1.82) is 0 Å². The lowest BCUT2D eigenvalue weighted by molar-refractivity contribution is 0.102. The van der Waals surface area contributed by atoms with Gasteiger partial charge in [-0.25, -0.2) is 9.37 Å². The number of pyridine rings is 1. The summed E-state index contributed by atoms with van der Waals surface area (Å²) in [5, 5.41) is 3.24. The maximum absolute atomic E-state index is 15.6. The van der Waals surface area contributed by atoms with Crippen LogP contribution in [-0.4, -0.2) is 90.8 Å². The Bertz CT molecular complexity index is 2360. The number of benzene rings is 4. The smallest absolute Gasteiger partial charge is 0.282 e. The van der Waals surface area contributed by atoms with Gasteiger partial charge in [-0.15, -0.1) is 0 Å². The van der Waals surface area contributed by atoms with Crippen LogP contribution in [-0.2, 0) is 13.0 Å². The Hall–Kier alpha value is -6.05. The van der Waals surface area contributed by atoms with Crippen molar-refractivity contribution >= 4 is 33.5 Å². The highest BCUT2D eigenvalue weighted by Gasteiger charge is 2.20. The summed E-state index contributed by atoms with van der Waals surface area (Å²) in [5.41, 5.74) is 1.95. The van der Waals surface area contributed by atoms with Crippen LogP contribution in [0.4, 0.5) is 10.1 Å². The fourth-order valence-electron chi connectivity index (χ4n) is 6.60. The maximum Gasteiger partial charge on any atom is 0.282 e. The summed E-state index contributed by atoms with van der Waals surface area (Å²) in [6.07, 6.45) is 2.99. The van der Waals surface area contributed by atoms with E-state index in [-0.39, 0.29) is 17.1 Å². The van der Waals surface area contributed by atoms with Crippen molar-refractivity contribution in [3.05, 3.63) is 119 Å². The van der Waals surface area contributed by atoms with Gasteiger partial charge in [-0.1, -0.05) is 24.3 Å². The summed E-state index contributed by atoms with van der Waals surface area (Å²) in [6, 6.07) is 23.9. The molecule has 1 N–H and O–H groups in total. The molecular formula is C42H43FN6O6. The SMILES string of the molecule is COc1ccc(CCn2c(=O)c(C(=O)Nc3ccc(Oc4ccnc5cc(OCCCN6CCN(C)CC6)c(OC)cc45)c(F)c3)nc3ccccc32)cc1. The number of halogens is 1. The van der Waals surface area contributed by atoms with Crippen molar-refractivity contribution in [3.63, 3.8) is 0 Å². The second kappa shape index (κ2) is 17.0. The molecule has 1 aliphatic rings. The summed E-state index contributed by atoms with van der Waals surface area (Å²) in [5.74, 6) is 0.610. The Morgan fingerprint density at radius 2 is 1.64 bits per heavy atom. The van der Waals surface area contributed by atoms with Gasteiger partial charge >= 0.3 is 0 Å². The summed E-state index contributed by atoms with van der Waals surface area (Å²) in [4.78, 5) is 40.8. The van der Waals surface area contributed by atoms with Crippen LogP contribution in [0.3, 0.4) is 0 Å². The van der Waals surface area contributed by atoms with Crippen LogP contribution in [0.5, 0.6) is 28.7 Å². The first-order chi connectivity index (χ1) is 26.8. The number of nitrogens with zero attached hydrogens (tertiary/aromatic N) is 5. The van der Waals surface area contributed by atoms with Crippen molar-refractivity contribution < 1.29 is 28.1 Å². The highest BCUT2D eigenvalue weighted by molar-refractivity contribution is 6.03. The molecule has 1 saturated heterocycles. The lowest BCUT2D eigenvalue weighted by Gasteiger charge is -2.32. The Labute approximate surface area is 318 Å². The molecule has 13 heteroatoms. The third-order valence-corrected chi connectivity index (χ3v) is 9.72. The summed E-state index contributed by atoms with van der Waals surface area (Å²) in [6.45, 7) is 6.05. The lowest BCUT2D eigenvalue weighted by Crippen LogP contribution is -2.44. The number of piperazine rings is 1. The zero-order valence-corrected chi connectivity index (χ0v) is 31.1. The minimum absolute atomic E-state index is 0.0709. The van der Waals surface area contributed by atoms with Crippen LogP contribution in [0, 0.1) is 5.82 Å². The number of rotatable bonds is 14. The Balaban J connectivity index is 1.04. The molecule has 0 unspecified atom stereocenters. The fourth-order valence-corrected chi connectivity index (χ4v) is 6.60. The van der Waals surface area contributed by atoms with E-state index in [1.165, 1.54) is 16.7 Å². The van der Waals surface area contributed by atoms with Crippen molar-refractivity contribution in [3.8, 4) is 28.7 Å². The molecule has 284 valence electrons. The van der Waals surface area contributed by atoms with E-state index < -0.39 is 17.3 Å². The molecule has 1 fully saturated rings. The molecule has 3 heterocycles. The monoisotopic (exact) mass is 746 g/mol. The normalized spacial score (nSPS) is 13.5. The third-order valence-electron chi connectivity index (χ3n) is 9.72. The summed E-state index contributed by atoms with van der Waals surface area (Å²) in [7, 11) is 5.31. The molecule has 55 heavy (non-hydrogen) atoms. The van der Waals surface area contributed by atoms with E-state index in [0.29, 0.717) is 58.8 Å². The fraction of sp³-hybridized carbons (Fsp3) is 0.286. The van der Waals surface area contributed by atoms with Gasteiger partial charge < -0.3 is 38.6 Å². The van der Waals surface area contributed by atoms with Crippen LogP contribution in [0.2, 0.25) is 0 Å². The topological polar surface area (TPSA) is 120 Å². The van der Waals surface area contributed by atoms with Gasteiger partial charge in [0.2, 0.25) is 0 Å². The van der Waals surface area contributed by atoms with Crippen LogP contribution in [0.15, 0.2) is 95.9 Å². The molecule has 6 aromatic rings. The number of anilines is 1. The van der Waals surface area contributed by atoms with Crippen LogP contribution < -0.4 is 29.8 Å². The highest BCUT2D eigenvalue weighted by atomic mass is 19.1. The van der Waals surface area contributed by atoms with E-state index in [1.54, 1.807) is 56.8 Å². The number of hydrogen-bond acceptors (Lipinski definition) is 10. The second-order valence-corrected chi connectivity index (χ2v) is 13.4. The molecule has 4 aromatic carbocycles. The molecule has 0 atom stereocenters. The predicted octanol–water partition coefficient (Wildman–Crippen LogP) is 6.40. The average molecular weight is 747 g/mol. The highest BCUT2D eigenvalue weighted by Crippen LogP contribution is 2.38. The maximum atomic E-state index is 15.6. The van der Waals surface area contributed by atoms with E-state index in [2.05, 4.69) is 32.1 Å². The molecule has 0 bridgehead atoms. The number of fused-ring (bicyclic) bond motifs is 2. The summed E-state index contributed by atoms with van der Waals surface area (Å²) >= 11 is 0. The summed E-state index contributed by atoms with van der Waals surface area (Å²) < 4.78 is 40.1. The first-order valence-electron chi connectivity index (χ1n) is 18.2. The van der Waals surface area contributed by atoms with Gasteiger partial charge in [-0.05, 0) is 74.0 Å². The van der Waals surface area contributed by atoms with Crippen molar-refractivity contribution in [1.82, 2.24) is 24.3 Å². The van der Waals surface area contributed by atoms with Gasteiger partial charge in [0.05, 0.1) is 37.4 Å². The largest absolute Gasteiger partial charge is 0.497 e. The van der Waals surface area contributed by atoms with Gasteiger partial charge in [0, 0.05) is 68.7 Å². The van der Waals surface area contributed by atoms with E-state index in [0.717, 1.165) is 56.5 Å². The predicted molar refractivity (Wildman–Crippen MR) is 209 cm³/mol. The third kappa shape index (κ3) is 8.69. The first kappa shape index (κ1) is 37.3. The van der Waals surface area contributed by atoms with E-state index in [9.17, 15) is 9.59 Å². The Morgan fingerprint density at radius 1 is 0.836 bits per heavy atom. The van der Waals surface area contributed by atoms with E-state index in [4.69, 9.17) is 18.9 Å². The first-order valence-corrected chi connectivity index (χ1v) is 18.2. The standard InChI is InChI=1S/C42H43FN6O6/c1-47-20-22-48(23-21-47)18-6-24-54-39-27-34-31(26-38(39)53-3)36(15-17-44-34)55-37-14-11-29(25-32(37)43)45-41(50)40-42(51)49(35-8-5-4-7-33(35)46-40)19-16-28-9-12-30(52-2)13-10-28/h4-5,7-15,17,25-27H,6,16,18-24H2,1-3H3,(H,45,50). The van der Waals surface area contributed by atoms with Crippen molar-refractivity contribution in [2.75, 3.05) is 65.9 Å².